The lowest BCUT2D eigenvalue weighted by Crippen LogP contribution is -2.39. The quantitative estimate of drug-likeness (QED) is 0.421. The topological polar surface area (TPSA) is 37.3 Å². The number of halogens is 1. The third-order valence-corrected chi connectivity index (χ3v) is 8.08. The molecule has 0 fully saturated rings. The minimum Gasteiger partial charge on any atom is -0.311 e. The molecule has 0 saturated heterocycles. The molecule has 4 nitrogen and oxygen atoms in total. The van der Waals surface area contributed by atoms with Crippen molar-refractivity contribution < 1.29 is 4.79 Å². The predicted molar refractivity (Wildman–Crippen MR) is 127 cm³/mol. The van der Waals surface area contributed by atoms with Gasteiger partial charge in [-0.3, -0.25) is 0 Å². The molecule has 0 saturated carbocycles. The van der Waals surface area contributed by atoms with Crippen LogP contribution in [0.3, 0.4) is 0 Å². The van der Waals surface area contributed by atoms with Gasteiger partial charge >= 0.3 is 6.03 Å². The van der Waals surface area contributed by atoms with E-state index in [-0.39, 0.29) is 12.1 Å². The Hall–Kier alpha value is -2.05. The number of carbonyl (C=O) groups is 1. The maximum absolute atomic E-state index is 13.5. The first kappa shape index (κ1) is 19.9. The van der Waals surface area contributed by atoms with Crippen molar-refractivity contribution in [3.63, 3.8) is 0 Å². The second kappa shape index (κ2) is 7.89. The van der Waals surface area contributed by atoms with E-state index in [1.54, 1.807) is 0 Å². The largest absolute Gasteiger partial charge is 0.322 e. The van der Waals surface area contributed by atoms with Gasteiger partial charge in [0.25, 0.3) is 0 Å². The summed E-state index contributed by atoms with van der Waals surface area (Å²) in [7, 11) is 0. The van der Waals surface area contributed by atoms with Crippen LogP contribution in [0.2, 0.25) is 0 Å². The maximum atomic E-state index is 13.5. The highest BCUT2D eigenvalue weighted by molar-refractivity contribution is 9.10. The van der Waals surface area contributed by atoms with E-state index in [4.69, 9.17) is 0 Å². The second-order valence-electron chi connectivity index (χ2n) is 8.55. The number of fused-ring (bicyclic) bond motifs is 5. The van der Waals surface area contributed by atoms with Crippen LogP contribution in [-0.2, 0) is 19.4 Å². The molecule has 5 rings (SSSR count). The molecule has 1 aliphatic heterocycles. The van der Waals surface area contributed by atoms with Crippen LogP contribution in [0.25, 0.3) is 5.00 Å². The van der Waals surface area contributed by atoms with Gasteiger partial charge in [0.05, 0.1) is 12.6 Å². The van der Waals surface area contributed by atoms with Gasteiger partial charge < -0.3 is 14.8 Å². The Balaban J connectivity index is 1.58. The van der Waals surface area contributed by atoms with Crippen molar-refractivity contribution in [2.45, 2.75) is 52.1 Å². The molecule has 1 unspecified atom stereocenters. The molecule has 0 radical (unpaired) electrons. The molecule has 2 aliphatic rings. The van der Waals surface area contributed by atoms with Gasteiger partial charge in [0.1, 0.15) is 5.00 Å². The van der Waals surface area contributed by atoms with Crippen molar-refractivity contribution in [2.24, 2.45) is 5.92 Å². The molecule has 3 aromatic rings. The van der Waals surface area contributed by atoms with E-state index in [1.807, 2.05) is 40.5 Å². The molecule has 1 N–H and O–H groups in total. The lowest BCUT2D eigenvalue weighted by atomic mass is 9.94. The van der Waals surface area contributed by atoms with Crippen LogP contribution in [0.1, 0.15) is 54.4 Å². The summed E-state index contributed by atoms with van der Waals surface area (Å²) in [5.41, 5.74) is 4.86. The number of aryl methyl sites for hydroxylation is 1. The fraction of sp³-hybridized carbons (Fsp3) is 0.375. The number of benzene rings is 1. The zero-order valence-electron chi connectivity index (χ0n) is 17.3. The lowest BCUT2D eigenvalue weighted by molar-refractivity contribution is 0.161. The molecule has 1 aliphatic carbocycles. The minimum atomic E-state index is -0.0348. The molecule has 0 bridgehead atoms. The average Bonchev–Trinajstić information content (AvgIpc) is 3.31. The van der Waals surface area contributed by atoms with Crippen LogP contribution >= 0.6 is 27.3 Å². The Morgan fingerprint density at radius 3 is 2.67 bits per heavy atom. The summed E-state index contributed by atoms with van der Waals surface area (Å²) in [4.78, 5) is 17.1. The molecule has 6 heteroatoms. The molecule has 1 aromatic carbocycles. The van der Waals surface area contributed by atoms with E-state index >= 15 is 0 Å². The van der Waals surface area contributed by atoms with Crippen LogP contribution in [-0.4, -0.2) is 15.5 Å². The van der Waals surface area contributed by atoms with Gasteiger partial charge in [-0.2, -0.15) is 0 Å². The van der Waals surface area contributed by atoms with Gasteiger partial charge in [0.2, 0.25) is 0 Å². The van der Waals surface area contributed by atoms with E-state index in [9.17, 15) is 4.79 Å². The molecule has 1 atom stereocenters. The summed E-state index contributed by atoms with van der Waals surface area (Å²) in [5, 5.41) is 4.45. The molecule has 3 heterocycles. The predicted octanol–water partition coefficient (Wildman–Crippen LogP) is 6.92. The highest BCUT2D eigenvalue weighted by Gasteiger charge is 2.36. The van der Waals surface area contributed by atoms with Crippen molar-refractivity contribution in [1.29, 1.82) is 0 Å². The Morgan fingerprint density at radius 2 is 1.90 bits per heavy atom. The summed E-state index contributed by atoms with van der Waals surface area (Å²) >= 11 is 5.40. The zero-order valence-corrected chi connectivity index (χ0v) is 19.7. The monoisotopic (exact) mass is 483 g/mol. The number of nitrogens with zero attached hydrogens (tertiary/aromatic N) is 2. The Morgan fingerprint density at radius 1 is 1.13 bits per heavy atom. The van der Waals surface area contributed by atoms with Gasteiger partial charge in [-0.15, -0.1) is 11.3 Å². The second-order valence-corrected chi connectivity index (χ2v) is 10.6. The summed E-state index contributed by atoms with van der Waals surface area (Å²) in [6.45, 7) is 5.07. The van der Waals surface area contributed by atoms with Gasteiger partial charge in [-0.25, -0.2) is 4.79 Å². The standard InChI is InChI=1S/C24H26BrN3OS/c1-15(2)22-20-7-5-13-27(20)23-19(18-6-3-4-8-21(18)30-23)14-28(22)24(29)26-17-11-9-16(25)10-12-17/h5,7,9-13,15,22H,3-4,6,8,14H2,1-2H3,(H,26,29). The van der Waals surface area contributed by atoms with Crippen molar-refractivity contribution in [3.8, 4) is 5.00 Å². The SMILES string of the molecule is CC(C)C1c2cccn2-c2sc3c(c2CN1C(=O)Nc1ccc(Br)cc1)CCCC3. The maximum Gasteiger partial charge on any atom is 0.322 e. The third kappa shape index (κ3) is 3.40. The number of thiophene rings is 1. The fourth-order valence-corrected chi connectivity index (χ4v) is 6.52. The van der Waals surface area contributed by atoms with Crippen LogP contribution in [0.15, 0.2) is 47.1 Å². The van der Waals surface area contributed by atoms with Gasteiger partial charge in [0, 0.05) is 32.5 Å². The number of hydrogen-bond donors (Lipinski definition) is 1. The lowest BCUT2D eigenvalue weighted by Gasteiger charge is -2.33. The number of rotatable bonds is 2. The van der Waals surface area contributed by atoms with E-state index in [1.165, 1.54) is 46.0 Å². The Kier molecular flexibility index (Phi) is 5.23. The summed E-state index contributed by atoms with van der Waals surface area (Å²) in [6.07, 6.45) is 6.98. The normalized spacial score (nSPS) is 17.9. The number of anilines is 1. The zero-order chi connectivity index (χ0) is 20.8. The van der Waals surface area contributed by atoms with Gasteiger partial charge in [0.15, 0.2) is 0 Å². The summed E-state index contributed by atoms with van der Waals surface area (Å²) in [5.74, 6) is 0.305. The Bertz CT molecular complexity index is 1080. The number of hydrogen-bond acceptors (Lipinski definition) is 2. The molecule has 2 amide bonds. The number of nitrogens with one attached hydrogen (secondary N) is 1. The molecule has 2 aromatic heterocycles. The van der Waals surface area contributed by atoms with E-state index < -0.39 is 0 Å². The van der Waals surface area contributed by atoms with Crippen LogP contribution < -0.4 is 5.32 Å². The first-order valence-corrected chi connectivity index (χ1v) is 12.3. The van der Waals surface area contributed by atoms with E-state index in [0.717, 1.165) is 16.6 Å². The summed E-state index contributed by atoms with van der Waals surface area (Å²) < 4.78 is 3.35. The number of urea groups is 1. The highest BCUT2D eigenvalue weighted by atomic mass is 79.9. The molecular formula is C24H26BrN3OS. The van der Waals surface area contributed by atoms with Crippen molar-refractivity contribution in [2.75, 3.05) is 5.32 Å². The van der Waals surface area contributed by atoms with Gasteiger partial charge in [-0.1, -0.05) is 29.8 Å². The van der Waals surface area contributed by atoms with Crippen LogP contribution in [0.4, 0.5) is 10.5 Å². The van der Waals surface area contributed by atoms with Crippen LogP contribution in [0.5, 0.6) is 0 Å². The Labute approximate surface area is 190 Å². The number of amides is 2. The van der Waals surface area contributed by atoms with E-state index in [2.05, 4.69) is 58.0 Å². The number of carbonyl (C=O) groups excluding carboxylic acids is 1. The molecule has 0 spiro atoms. The number of aromatic nitrogens is 1. The molecular weight excluding hydrogens is 458 g/mol. The average molecular weight is 484 g/mol. The van der Waals surface area contributed by atoms with Gasteiger partial charge in [-0.05, 0) is 73.6 Å². The first-order valence-electron chi connectivity index (χ1n) is 10.7. The summed E-state index contributed by atoms with van der Waals surface area (Å²) in [6, 6.07) is 12.1. The molecule has 156 valence electrons. The molecule has 30 heavy (non-hydrogen) atoms. The van der Waals surface area contributed by atoms with Crippen molar-refractivity contribution in [1.82, 2.24) is 9.47 Å². The fourth-order valence-electron chi connectivity index (χ4n) is 4.85. The third-order valence-electron chi connectivity index (χ3n) is 6.21. The highest BCUT2D eigenvalue weighted by Crippen LogP contribution is 2.44. The first-order chi connectivity index (χ1) is 14.5. The van der Waals surface area contributed by atoms with Crippen LogP contribution in [0, 0.1) is 5.92 Å². The van der Waals surface area contributed by atoms with Crippen molar-refractivity contribution in [3.05, 3.63) is 68.8 Å². The minimum absolute atomic E-state index is 0.0225. The van der Waals surface area contributed by atoms with Crippen molar-refractivity contribution >= 4 is 39.0 Å². The smallest absolute Gasteiger partial charge is 0.311 e. The van der Waals surface area contributed by atoms with E-state index in [0.29, 0.717) is 12.5 Å².